The van der Waals surface area contributed by atoms with Gasteiger partial charge in [0.2, 0.25) is 0 Å². The van der Waals surface area contributed by atoms with E-state index in [4.69, 9.17) is 25.1 Å². The summed E-state index contributed by atoms with van der Waals surface area (Å²) in [5.41, 5.74) is 13.6. The topological polar surface area (TPSA) is 114 Å². The molecule has 7 nitrogen and oxygen atoms in total. The van der Waals surface area contributed by atoms with Gasteiger partial charge in [0, 0.05) is 0 Å². The summed E-state index contributed by atoms with van der Waals surface area (Å²) in [6.07, 6.45) is 3.64. The summed E-state index contributed by atoms with van der Waals surface area (Å²) in [5, 5.41) is 0. The summed E-state index contributed by atoms with van der Waals surface area (Å²) in [6, 6.07) is 15.6. The number of esters is 2. The molecule has 0 fully saturated rings. The van der Waals surface area contributed by atoms with Gasteiger partial charge in [0.25, 0.3) is 0 Å². The van der Waals surface area contributed by atoms with Crippen molar-refractivity contribution < 1.29 is 23.2 Å². The number of carbonyl (C=O) groups is 2. The van der Waals surface area contributed by atoms with Crippen LogP contribution >= 0.6 is 0 Å². The normalized spacial score (nSPS) is 12.7. The van der Waals surface area contributed by atoms with Crippen molar-refractivity contribution >= 4 is 39.9 Å². The van der Waals surface area contributed by atoms with Gasteiger partial charge in [-0.3, -0.25) is 0 Å². The van der Waals surface area contributed by atoms with E-state index < -0.39 is 16.6 Å². The van der Waals surface area contributed by atoms with Gasteiger partial charge in [-0.1, -0.05) is 0 Å². The number of anilines is 2. The number of rotatable bonds is 14. The maximum atomic E-state index is 12.1. The van der Waals surface area contributed by atoms with Crippen molar-refractivity contribution in [3.63, 3.8) is 0 Å². The van der Waals surface area contributed by atoms with Crippen LogP contribution in [0.25, 0.3) is 0 Å². The van der Waals surface area contributed by atoms with E-state index in [-0.39, 0.29) is 11.9 Å². The van der Waals surface area contributed by atoms with Crippen molar-refractivity contribution in [2.75, 3.05) is 24.7 Å². The molecule has 0 atom stereocenters. The van der Waals surface area contributed by atoms with E-state index >= 15 is 0 Å². The zero-order chi connectivity index (χ0) is 25.9. The molecule has 0 amide bonds. The SMILES string of the molecule is C[SiH-](C)(CCCCOC(=O)c1ccc(N)cc1)O[SiH-](C)(C)CCCCOC(=O)c1ccc(N)cc1. The summed E-state index contributed by atoms with van der Waals surface area (Å²) in [5.74, 6) is -0.622. The van der Waals surface area contributed by atoms with Gasteiger partial charge in [-0.2, -0.15) is 0 Å². The summed E-state index contributed by atoms with van der Waals surface area (Å²) in [4.78, 5) is 24.1. The Balaban J connectivity index is 1.60. The third-order valence-corrected chi connectivity index (χ3v) is 15.6. The number of ether oxygens (including phenoxy) is 2. The molecule has 2 aromatic carbocycles. The van der Waals surface area contributed by atoms with Gasteiger partial charge in [-0.15, -0.1) is 0 Å². The van der Waals surface area contributed by atoms with Crippen molar-refractivity contribution in [3.8, 4) is 0 Å². The predicted octanol–water partition coefficient (Wildman–Crippen LogP) is 5.32. The van der Waals surface area contributed by atoms with Crippen molar-refractivity contribution in [3.05, 3.63) is 59.7 Å². The van der Waals surface area contributed by atoms with Gasteiger partial charge >= 0.3 is 211 Å². The Morgan fingerprint density at radius 1 is 0.629 bits per heavy atom. The predicted molar refractivity (Wildman–Crippen MR) is 149 cm³/mol. The molecule has 0 radical (unpaired) electrons. The van der Waals surface area contributed by atoms with Crippen molar-refractivity contribution in [1.29, 1.82) is 0 Å². The van der Waals surface area contributed by atoms with E-state index in [1.165, 1.54) is 0 Å². The third-order valence-electron chi connectivity index (χ3n) is 6.08. The van der Waals surface area contributed by atoms with Crippen molar-refractivity contribution in [1.82, 2.24) is 0 Å². The fourth-order valence-corrected chi connectivity index (χ4v) is 16.0. The molecular weight excluding hydrogens is 476 g/mol. The van der Waals surface area contributed by atoms with Crippen LogP contribution in [0.15, 0.2) is 48.5 Å². The molecule has 0 saturated carbocycles. The molecule has 0 unspecified atom stereocenters. The first-order valence-corrected chi connectivity index (χ1v) is 19.9. The first-order valence-electron chi connectivity index (χ1n) is 12.7. The Bertz CT molecular complexity index is 870. The average molecular weight is 519 g/mol. The molecule has 35 heavy (non-hydrogen) atoms. The van der Waals surface area contributed by atoms with E-state index in [0.29, 0.717) is 35.7 Å². The summed E-state index contributed by atoms with van der Waals surface area (Å²) in [7, 11) is -4.22. The van der Waals surface area contributed by atoms with Crippen LogP contribution in [0.5, 0.6) is 0 Å². The molecular formula is C26H42N2O5Si2-2. The summed E-state index contributed by atoms with van der Waals surface area (Å²) >= 11 is 0. The minimum atomic E-state index is -2.11. The zero-order valence-electron chi connectivity index (χ0n) is 21.6. The number of nitrogens with two attached hydrogens (primary N) is 2. The van der Waals surface area contributed by atoms with Crippen molar-refractivity contribution in [2.45, 2.75) is 64.0 Å². The summed E-state index contributed by atoms with van der Waals surface area (Å²) in [6.45, 7) is 10.0. The second-order valence-corrected chi connectivity index (χ2v) is 21.1. The Labute approximate surface area is 211 Å². The molecule has 0 aliphatic rings. The first kappa shape index (κ1) is 28.6. The van der Waals surface area contributed by atoms with Gasteiger partial charge in [-0.25, -0.2) is 0 Å². The van der Waals surface area contributed by atoms with Crippen LogP contribution in [0.3, 0.4) is 0 Å². The Morgan fingerprint density at radius 2 is 0.971 bits per heavy atom. The molecule has 0 bridgehead atoms. The Morgan fingerprint density at radius 3 is 1.31 bits per heavy atom. The van der Waals surface area contributed by atoms with Crippen LogP contribution in [0.1, 0.15) is 46.4 Å². The molecule has 0 saturated heterocycles. The third kappa shape index (κ3) is 11.1. The van der Waals surface area contributed by atoms with E-state index in [9.17, 15) is 9.59 Å². The van der Waals surface area contributed by atoms with Crippen LogP contribution in [0.4, 0.5) is 11.4 Å². The summed E-state index contributed by atoms with van der Waals surface area (Å²) < 4.78 is 17.5. The number of carbonyl (C=O) groups excluding carboxylic acids is 2. The molecule has 0 aliphatic heterocycles. The monoisotopic (exact) mass is 518 g/mol. The molecule has 0 spiro atoms. The fraction of sp³-hybridized carbons (Fsp3) is 0.462. The Kier molecular flexibility index (Phi) is 11.0. The second-order valence-electron chi connectivity index (χ2n) is 10.7. The maximum absolute atomic E-state index is 12.1. The van der Waals surface area contributed by atoms with E-state index in [0.717, 1.165) is 37.8 Å². The molecule has 2 rings (SSSR count). The second kappa shape index (κ2) is 13.5. The molecule has 196 valence electrons. The van der Waals surface area contributed by atoms with Crippen LogP contribution in [-0.4, -0.2) is 41.8 Å². The van der Waals surface area contributed by atoms with Crippen LogP contribution in [0, 0.1) is 0 Å². The zero-order valence-corrected chi connectivity index (χ0v) is 23.9. The molecule has 2 aromatic rings. The molecule has 0 heterocycles. The van der Waals surface area contributed by atoms with E-state index in [1.807, 2.05) is 0 Å². The van der Waals surface area contributed by atoms with E-state index in [2.05, 4.69) is 26.2 Å². The first-order chi connectivity index (χ1) is 16.5. The van der Waals surface area contributed by atoms with Gasteiger partial charge in [0.05, 0.1) is 0 Å². The minimum absolute atomic E-state index is 0.311. The van der Waals surface area contributed by atoms with Crippen LogP contribution < -0.4 is 11.5 Å². The van der Waals surface area contributed by atoms with Gasteiger partial charge in [-0.05, 0) is 0 Å². The Hall–Kier alpha value is -2.63. The van der Waals surface area contributed by atoms with Gasteiger partial charge < -0.3 is 0 Å². The molecule has 0 aliphatic carbocycles. The van der Waals surface area contributed by atoms with E-state index in [1.54, 1.807) is 48.5 Å². The van der Waals surface area contributed by atoms with Crippen LogP contribution in [-0.2, 0) is 13.6 Å². The van der Waals surface area contributed by atoms with Crippen molar-refractivity contribution in [2.24, 2.45) is 0 Å². The molecule has 0 aromatic heterocycles. The standard InChI is InChI=1S/C26H42N2O5Si2/c1-34(2,19-7-5-17-31-25(29)21-9-13-23(27)14-10-21)33-35(3,4)20-8-6-18-32-26(30)22-11-15-24(28)16-12-22/h9-16,34-35H,5-8,17-20,27-28H2,1-4H3/q-2. The number of unbranched alkanes of at least 4 members (excludes halogenated alkanes) is 2. The number of hydrogen-bond acceptors (Lipinski definition) is 7. The fourth-order valence-electron chi connectivity index (χ4n) is 4.34. The number of benzene rings is 2. The average Bonchev–Trinajstić information content (AvgIpc) is 2.78. The quantitative estimate of drug-likeness (QED) is 0.151. The number of nitrogen functional groups attached to an aromatic ring is 2. The number of hydrogen-bond donors (Lipinski definition) is 2. The van der Waals surface area contributed by atoms with Crippen LogP contribution in [0.2, 0.25) is 38.3 Å². The van der Waals surface area contributed by atoms with Gasteiger partial charge in [0.15, 0.2) is 0 Å². The molecule has 9 heteroatoms. The van der Waals surface area contributed by atoms with Gasteiger partial charge in [0.1, 0.15) is 0 Å². The molecule has 4 N–H and O–H groups in total.